The number of hydrogen-bond acceptors (Lipinski definition) is 7. The molecule has 9 nitrogen and oxygen atoms in total. The second kappa shape index (κ2) is 9.20. The zero-order chi connectivity index (χ0) is 22.6. The van der Waals surface area contributed by atoms with E-state index in [1.807, 2.05) is 6.92 Å². The smallest absolute Gasteiger partial charge is 0.475 e. The lowest BCUT2D eigenvalue weighted by atomic mass is 9.80. The lowest BCUT2D eigenvalue weighted by Gasteiger charge is -2.33. The van der Waals surface area contributed by atoms with Crippen LogP contribution in [-0.2, 0) is 11.3 Å². The Morgan fingerprint density at radius 1 is 1.26 bits per heavy atom. The molecule has 1 aliphatic rings. The summed E-state index contributed by atoms with van der Waals surface area (Å²) >= 11 is 0. The van der Waals surface area contributed by atoms with Gasteiger partial charge in [-0.3, -0.25) is 5.10 Å². The predicted octanol–water partition coefficient (Wildman–Crippen LogP) is 2.97. The van der Waals surface area contributed by atoms with Crippen LogP contribution < -0.4 is 5.32 Å². The molecule has 3 N–H and O–H groups in total. The fourth-order valence-electron chi connectivity index (χ4n) is 2.81. The molecule has 2 aromatic heterocycles. The molecule has 1 aromatic carbocycles. The van der Waals surface area contributed by atoms with Crippen molar-refractivity contribution in [1.29, 1.82) is 0 Å². The van der Waals surface area contributed by atoms with Crippen LogP contribution in [0.3, 0.4) is 0 Å². The minimum Gasteiger partial charge on any atom is -0.475 e. The van der Waals surface area contributed by atoms with Gasteiger partial charge in [-0.25, -0.2) is 14.2 Å². The third-order valence-corrected chi connectivity index (χ3v) is 4.47. The molecule has 13 heteroatoms. The lowest BCUT2D eigenvalue weighted by Crippen LogP contribution is -2.39. The van der Waals surface area contributed by atoms with Crippen LogP contribution in [0.1, 0.15) is 36.3 Å². The molecule has 3 aromatic rings. The number of aliphatic carboxylic acids is 1. The lowest BCUT2D eigenvalue weighted by molar-refractivity contribution is -0.192. The number of rotatable bonds is 5. The Labute approximate surface area is 172 Å². The summed E-state index contributed by atoms with van der Waals surface area (Å²) < 4.78 is 49.9. The van der Waals surface area contributed by atoms with E-state index >= 15 is 0 Å². The van der Waals surface area contributed by atoms with E-state index in [1.54, 1.807) is 12.1 Å². The van der Waals surface area contributed by atoms with Gasteiger partial charge < -0.3 is 14.9 Å². The van der Waals surface area contributed by atoms with E-state index in [2.05, 4.69) is 30.6 Å². The maximum Gasteiger partial charge on any atom is 0.490 e. The Hall–Kier alpha value is -3.35. The van der Waals surface area contributed by atoms with E-state index < -0.39 is 12.1 Å². The number of aromatic nitrogens is 5. The first-order chi connectivity index (χ1) is 14.6. The van der Waals surface area contributed by atoms with Gasteiger partial charge in [0.25, 0.3) is 0 Å². The molecule has 0 atom stereocenters. The number of aromatic amines is 1. The highest BCUT2D eigenvalue weighted by Crippen LogP contribution is 2.35. The highest BCUT2D eigenvalue weighted by Gasteiger charge is 2.38. The van der Waals surface area contributed by atoms with E-state index in [0.29, 0.717) is 30.2 Å². The summed E-state index contributed by atoms with van der Waals surface area (Å²) in [5.41, 5.74) is 0.786. The Balaban J connectivity index is 0.000000339. The number of benzene rings is 1. The standard InChI is InChI=1S/C16H17FN6O.C2HF3O2/c1-9-19-16(24-23-9)11-6-13(7-11)18-8-14-20-15(22-21-14)10-2-4-12(17)5-3-10;3-2(4,5)1(6)7/h2-5,11,13,18H,6-8H2,1H3,(H,20,21,22);(H,6,7). The molecule has 0 aliphatic heterocycles. The number of hydrogen-bond donors (Lipinski definition) is 3. The summed E-state index contributed by atoms with van der Waals surface area (Å²) in [7, 11) is 0. The molecule has 1 saturated carbocycles. The molecule has 0 saturated heterocycles. The van der Waals surface area contributed by atoms with Crippen LogP contribution in [0.4, 0.5) is 17.6 Å². The first-order valence-corrected chi connectivity index (χ1v) is 9.12. The van der Waals surface area contributed by atoms with E-state index in [4.69, 9.17) is 14.4 Å². The molecule has 31 heavy (non-hydrogen) atoms. The van der Waals surface area contributed by atoms with Crippen LogP contribution in [0.2, 0.25) is 0 Å². The van der Waals surface area contributed by atoms with Crippen molar-refractivity contribution >= 4 is 5.97 Å². The van der Waals surface area contributed by atoms with Crippen LogP contribution in [0.5, 0.6) is 0 Å². The van der Waals surface area contributed by atoms with Gasteiger partial charge in [-0.15, -0.1) is 0 Å². The Morgan fingerprint density at radius 3 is 2.45 bits per heavy atom. The van der Waals surface area contributed by atoms with Crippen LogP contribution in [0.15, 0.2) is 28.8 Å². The normalized spacial score (nSPS) is 18.1. The number of carboxylic acid groups (broad SMARTS) is 1. The van der Waals surface area contributed by atoms with Crippen molar-refractivity contribution in [2.24, 2.45) is 0 Å². The van der Waals surface area contributed by atoms with Gasteiger partial charge in [-0.2, -0.15) is 23.3 Å². The zero-order valence-corrected chi connectivity index (χ0v) is 16.1. The van der Waals surface area contributed by atoms with Gasteiger partial charge in [-0.05, 0) is 44.0 Å². The van der Waals surface area contributed by atoms with Crippen LogP contribution in [0.25, 0.3) is 11.4 Å². The predicted molar refractivity (Wildman–Crippen MR) is 97.1 cm³/mol. The van der Waals surface area contributed by atoms with Gasteiger partial charge in [0.2, 0.25) is 5.89 Å². The summed E-state index contributed by atoms with van der Waals surface area (Å²) in [6.45, 7) is 2.43. The van der Waals surface area contributed by atoms with Crippen molar-refractivity contribution in [3.8, 4) is 11.4 Å². The fourth-order valence-corrected chi connectivity index (χ4v) is 2.81. The number of H-pyrrole nitrogens is 1. The van der Waals surface area contributed by atoms with E-state index in [1.165, 1.54) is 12.1 Å². The largest absolute Gasteiger partial charge is 0.490 e. The first-order valence-electron chi connectivity index (χ1n) is 9.12. The number of carbonyl (C=O) groups is 1. The minimum atomic E-state index is -5.08. The average Bonchev–Trinajstić information content (AvgIpc) is 3.30. The van der Waals surface area contributed by atoms with Crippen LogP contribution >= 0.6 is 0 Å². The molecule has 1 fully saturated rings. The number of aryl methyl sites for hydroxylation is 1. The summed E-state index contributed by atoms with van der Waals surface area (Å²) in [4.78, 5) is 17.6. The Bertz CT molecular complexity index is 1010. The van der Waals surface area contributed by atoms with Gasteiger partial charge in [-0.1, -0.05) is 5.16 Å². The van der Waals surface area contributed by atoms with Crippen molar-refractivity contribution in [2.45, 2.75) is 44.4 Å². The third kappa shape index (κ3) is 6.07. The van der Waals surface area contributed by atoms with E-state index in [0.717, 1.165) is 30.1 Å². The van der Waals surface area contributed by atoms with Gasteiger partial charge in [0.15, 0.2) is 11.6 Å². The molecule has 0 radical (unpaired) electrons. The summed E-state index contributed by atoms with van der Waals surface area (Å²) in [5, 5.41) is 21.5. The molecule has 0 spiro atoms. The summed E-state index contributed by atoms with van der Waals surface area (Å²) in [6, 6.07) is 6.54. The van der Waals surface area contributed by atoms with Crippen LogP contribution in [-0.4, -0.2) is 48.6 Å². The van der Waals surface area contributed by atoms with E-state index in [9.17, 15) is 17.6 Å². The zero-order valence-electron chi connectivity index (χ0n) is 16.1. The Kier molecular flexibility index (Phi) is 6.63. The average molecular weight is 442 g/mol. The van der Waals surface area contributed by atoms with Crippen molar-refractivity contribution in [1.82, 2.24) is 30.6 Å². The van der Waals surface area contributed by atoms with Gasteiger partial charge in [0, 0.05) is 17.5 Å². The molecule has 1 aliphatic carbocycles. The summed E-state index contributed by atoms with van der Waals surface area (Å²) in [5.74, 6) is 0.0408. The SMILES string of the molecule is Cc1noc(C2CC(NCc3nc(-c4ccc(F)cc4)n[nH]3)C2)n1.O=C(O)C(F)(F)F. The minimum absolute atomic E-state index is 0.271. The van der Waals surface area contributed by atoms with Crippen molar-refractivity contribution < 1.29 is 32.0 Å². The highest BCUT2D eigenvalue weighted by molar-refractivity contribution is 5.73. The molecule has 0 unspecified atom stereocenters. The maximum absolute atomic E-state index is 12.9. The van der Waals surface area contributed by atoms with Gasteiger partial charge in [0.1, 0.15) is 11.6 Å². The first kappa shape index (κ1) is 22.3. The molecule has 0 amide bonds. The third-order valence-electron chi connectivity index (χ3n) is 4.47. The van der Waals surface area contributed by atoms with Gasteiger partial charge in [0.05, 0.1) is 6.54 Å². The quantitative estimate of drug-likeness (QED) is 0.514. The van der Waals surface area contributed by atoms with Crippen molar-refractivity contribution in [2.75, 3.05) is 0 Å². The Morgan fingerprint density at radius 2 is 1.90 bits per heavy atom. The second-order valence-electron chi connectivity index (χ2n) is 6.84. The maximum atomic E-state index is 12.9. The molecular weight excluding hydrogens is 424 g/mol. The topological polar surface area (TPSA) is 130 Å². The van der Waals surface area contributed by atoms with Gasteiger partial charge >= 0.3 is 12.1 Å². The number of halogens is 4. The monoisotopic (exact) mass is 442 g/mol. The summed E-state index contributed by atoms with van der Waals surface area (Å²) in [6.07, 6.45) is -3.14. The number of nitrogens with one attached hydrogen (secondary N) is 2. The number of carboxylic acids is 1. The highest BCUT2D eigenvalue weighted by atomic mass is 19.4. The number of alkyl halides is 3. The number of nitrogens with zero attached hydrogens (tertiary/aromatic N) is 4. The molecule has 4 rings (SSSR count). The molecule has 166 valence electrons. The second-order valence-corrected chi connectivity index (χ2v) is 6.84. The van der Waals surface area contributed by atoms with Crippen LogP contribution in [0, 0.1) is 12.7 Å². The molecular formula is C18H18F4N6O3. The molecule has 2 heterocycles. The molecule has 0 bridgehead atoms. The van der Waals surface area contributed by atoms with Crippen molar-refractivity contribution in [3.05, 3.63) is 47.6 Å². The fraction of sp³-hybridized carbons (Fsp3) is 0.389. The van der Waals surface area contributed by atoms with E-state index in [-0.39, 0.29) is 5.82 Å². The van der Waals surface area contributed by atoms with Crippen molar-refractivity contribution in [3.63, 3.8) is 0 Å².